The molecule has 3 aliphatic carbocycles. The van der Waals surface area contributed by atoms with Gasteiger partial charge < -0.3 is 0 Å². The van der Waals surface area contributed by atoms with Gasteiger partial charge in [-0.2, -0.15) is 0 Å². The third kappa shape index (κ3) is 1.82. The van der Waals surface area contributed by atoms with Crippen LogP contribution in [0.5, 0.6) is 0 Å². The number of nitrogens with two attached hydrogens (primary N) is 1. The van der Waals surface area contributed by atoms with Crippen LogP contribution in [-0.2, 0) is 10.0 Å². The van der Waals surface area contributed by atoms with Crippen LogP contribution >= 0.6 is 0 Å². The van der Waals surface area contributed by atoms with Crippen molar-refractivity contribution in [1.82, 2.24) is 14.8 Å². The maximum absolute atomic E-state index is 11.6. The standard InChI is InChI=1S/C12H18N4O2S/c13-19(17,18)12-15-14-11(16(12)9-3-4-9)10-6-7-1-2-8(10)5-7/h7-10H,1-6H2,(H2,13,17,18). The molecule has 1 heterocycles. The van der Waals surface area contributed by atoms with Crippen LogP contribution in [0.4, 0.5) is 0 Å². The first-order valence-corrected chi connectivity index (χ1v) is 8.56. The zero-order valence-corrected chi connectivity index (χ0v) is 11.5. The Labute approximate surface area is 112 Å². The Morgan fingerprint density at radius 2 is 1.89 bits per heavy atom. The zero-order chi connectivity index (χ0) is 13.2. The van der Waals surface area contributed by atoms with Crippen molar-refractivity contribution in [1.29, 1.82) is 0 Å². The van der Waals surface area contributed by atoms with Gasteiger partial charge in [0, 0.05) is 12.0 Å². The van der Waals surface area contributed by atoms with E-state index in [1.54, 1.807) is 0 Å². The first-order chi connectivity index (χ1) is 9.04. The fraction of sp³-hybridized carbons (Fsp3) is 0.833. The minimum absolute atomic E-state index is 0.0345. The summed E-state index contributed by atoms with van der Waals surface area (Å²) in [6, 6.07) is 0.248. The SMILES string of the molecule is NS(=O)(=O)c1nnc(C2CC3CCC2C3)n1C1CC1. The lowest BCUT2D eigenvalue weighted by atomic mass is 9.88. The molecule has 3 atom stereocenters. The molecule has 0 aliphatic heterocycles. The molecule has 104 valence electrons. The molecule has 7 heteroatoms. The van der Waals surface area contributed by atoms with Gasteiger partial charge in [-0.1, -0.05) is 6.42 Å². The van der Waals surface area contributed by atoms with Crippen molar-refractivity contribution < 1.29 is 8.42 Å². The number of primary sulfonamides is 1. The first kappa shape index (κ1) is 11.8. The highest BCUT2D eigenvalue weighted by Crippen LogP contribution is 2.53. The van der Waals surface area contributed by atoms with Gasteiger partial charge in [-0.05, 0) is 43.9 Å². The molecule has 1 aromatic heterocycles. The predicted octanol–water partition coefficient (Wildman–Crippen LogP) is 1.16. The zero-order valence-electron chi connectivity index (χ0n) is 10.7. The largest absolute Gasteiger partial charge is 0.297 e. The summed E-state index contributed by atoms with van der Waals surface area (Å²) in [5.41, 5.74) is 0. The van der Waals surface area contributed by atoms with Crippen LogP contribution in [0.1, 0.15) is 56.3 Å². The molecule has 1 aromatic rings. The lowest BCUT2D eigenvalue weighted by Crippen LogP contribution is -2.21. The summed E-state index contributed by atoms with van der Waals surface area (Å²) in [6.45, 7) is 0. The van der Waals surface area contributed by atoms with E-state index in [4.69, 9.17) is 5.14 Å². The van der Waals surface area contributed by atoms with Gasteiger partial charge >= 0.3 is 0 Å². The first-order valence-electron chi connectivity index (χ1n) is 7.01. The Morgan fingerprint density at radius 1 is 1.11 bits per heavy atom. The molecule has 3 unspecified atom stereocenters. The van der Waals surface area contributed by atoms with E-state index in [2.05, 4.69) is 10.2 Å². The van der Waals surface area contributed by atoms with Crippen LogP contribution in [0.25, 0.3) is 0 Å². The van der Waals surface area contributed by atoms with E-state index in [0.717, 1.165) is 31.0 Å². The molecule has 19 heavy (non-hydrogen) atoms. The molecule has 6 nitrogen and oxygen atoms in total. The summed E-state index contributed by atoms with van der Waals surface area (Å²) < 4.78 is 25.1. The van der Waals surface area contributed by atoms with Crippen molar-refractivity contribution in [3.63, 3.8) is 0 Å². The lowest BCUT2D eigenvalue weighted by molar-refractivity contribution is 0.389. The van der Waals surface area contributed by atoms with Gasteiger partial charge in [0.25, 0.3) is 15.2 Å². The monoisotopic (exact) mass is 282 g/mol. The number of hydrogen-bond donors (Lipinski definition) is 1. The predicted molar refractivity (Wildman–Crippen MR) is 67.9 cm³/mol. The van der Waals surface area contributed by atoms with Gasteiger partial charge in [0.1, 0.15) is 5.82 Å². The molecular weight excluding hydrogens is 264 g/mol. The van der Waals surface area contributed by atoms with Crippen molar-refractivity contribution in [2.75, 3.05) is 0 Å². The molecule has 0 radical (unpaired) electrons. The topological polar surface area (TPSA) is 90.9 Å². The van der Waals surface area contributed by atoms with Crippen LogP contribution < -0.4 is 5.14 Å². The smallest absolute Gasteiger partial charge is 0.273 e. The van der Waals surface area contributed by atoms with Gasteiger partial charge in [-0.25, -0.2) is 13.6 Å². The van der Waals surface area contributed by atoms with Crippen molar-refractivity contribution in [2.45, 2.75) is 55.6 Å². The second kappa shape index (κ2) is 3.79. The summed E-state index contributed by atoms with van der Waals surface area (Å²) in [5, 5.41) is 13.3. The van der Waals surface area contributed by atoms with E-state index in [9.17, 15) is 8.42 Å². The highest BCUT2D eigenvalue weighted by Gasteiger charge is 2.45. The van der Waals surface area contributed by atoms with Crippen molar-refractivity contribution in [2.24, 2.45) is 17.0 Å². The second-order valence-corrected chi connectivity index (χ2v) is 7.72. The van der Waals surface area contributed by atoms with E-state index < -0.39 is 10.0 Å². The Kier molecular flexibility index (Phi) is 2.36. The molecule has 0 aromatic carbocycles. The lowest BCUT2D eigenvalue weighted by Gasteiger charge is -2.21. The molecule has 2 bridgehead atoms. The second-order valence-electron chi connectivity index (χ2n) is 6.27. The van der Waals surface area contributed by atoms with Crippen molar-refractivity contribution in [3.05, 3.63) is 5.82 Å². The molecule has 0 spiro atoms. The average Bonchev–Trinajstić information content (AvgIpc) is 2.80. The number of aromatic nitrogens is 3. The maximum atomic E-state index is 11.6. The highest BCUT2D eigenvalue weighted by molar-refractivity contribution is 7.89. The van der Waals surface area contributed by atoms with Gasteiger partial charge in [0.05, 0.1) is 0 Å². The molecule has 4 rings (SSSR count). The normalized spacial score (nSPS) is 34.1. The van der Waals surface area contributed by atoms with Gasteiger partial charge in [-0.3, -0.25) is 4.57 Å². The van der Waals surface area contributed by atoms with Crippen LogP contribution in [0, 0.1) is 11.8 Å². The molecule has 3 fully saturated rings. The number of nitrogens with zero attached hydrogens (tertiary/aromatic N) is 3. The minimum Gasteiger partial charge on any atom is -0.297 e. The fourth-order valence-corrected chi connectivity index (χ4v) is 4.64. The maximum Gasteiger partial charge on any atom is 0.273 e. The van der Waals surface area contributed by atoms with Crippen LogP contribution in [0.15, 0.2) is 5.16 Å². The quantitative estimate of drug-likeness (QED) is 0.900. The van der Waals surface area contributed by atoms with Gasteiger partial charge in [0.15, 0.2) is 0 Å². The van der Waals surface area contributed by atoms with Crippen molar-refractivity contribution in [3.8, 4) is 0 Å². The Hall–Kier alpha value is -0.950. The van der Waals surface area contributed by atoms with E-state index in [1.165, 1.54) is 19.3 Å². The Bertz CT molecular complexity index is 620. The highest BCUT2D eigenvalue weighted by atomic mass is 32.2. The van der Waals surface area contributed by atoms with Gasteiger partial charge in [-0.15, -0.1) is 10.2 Å². The van der Waals surface area contributed by atoms with Crippen LogP contribution in [-0.4, -0.2) is 23.2 Å². The van der Waals surface area contributed by atoms with Crippen LogP contribution in [0.2, 0.25) is 0 Å². The number of fused-ring (bicyclic) bond motifs is 2. The molecule has 3 aliphatic rings. The fourth-order valence-electron chi connectivity index (χ4n) is 3.97. The molecule has 2 N–H and O–H groups in total. The average molecular weight is 282 g/mol. The summed E-state index contributed by atoms with van der Waals surface area (Å²) in [7, 11) is -3.77. The summed E-state index contributed by atoms with van der Waals surface area (Å²) in [5.74, 6) is 2.73. The number of rotatable bonds is 3. The summed E-state index contributed by atoms with van der Waals surface area (Å²) >= 11 is 0. The summed E-state index contributed by atoms with van der Waals surface area (Å²) in [6.07, 6.45) is 6.99. The molecule has 3 saturated carbocycles. The third-order valence-corrected chi connectivity index (χ3v) is 5.71. The van der Waals surface area contributed by atoms with Crippen molar-refractivity contribution >= 4 is 10.0 Å². The Morgan fingerprint density at radius 3 is 2.42 bits per heavy atom. The van der Waals surface area contributed by atoms with E-state index in [-0.39, 0.29) is 11.2 Å². The molecular formula is C12H18N4O2S. The number of hydrogen-bond acceptors (Lipinski definition) is 4. The molecule has 0 saturated heterocycles. The minimum atomic E-state index is -3.77. The Balaban J connectivity index is 1.78. The number of sulfonamides is 1. The summed E-state index contributed by atoms with van der Waals surface area (Å²) in [4.78, 5) is 0. The van der Waals surface area contributed by atoms with E-state index >= 15 is 0 Å². The molecule has 0 amide bonds. The van der Waals surface area contributed by atoms with Crippen LogP contribution in [0.3, 0.4) is 0 Å². The van der Waals surface area contributed by atoms with E-state index in [0.29, 0.717) is 11.8 Å². The van der Waals surface area contributed by atoms with Gasteiger partial charge in [0.2, 0.25) is 0 Å². The van der Waals surface area contributed by atoms with E-state index in [1.807, 2.05) is 4.57 Å². The third-order valence-electron chi connectivity index (χ3n) is 4.93.